The van der Waals surface area contributed by atoms with Gasteiger partial charge in [-0.25, -0.2) is 0 Å². The number of aliphatic hydroxyl groups excluding tert-OH is 1. The van der Waals surface area contributed by atoms with Gasteiger partial charge in [0.25, 0.3) is 0 Å². The van der Waals surface area contributed by atoms with Crippen molar-refractivity contribution >= 4 is 0 Å². The number of hydrogen-bond acceptors (Lipinski definition) is 5. The molecule has 0 bridgehead atoms. The fourth-order valence-electron chi connectivity index (χ4n) is 1.46. The fraction of sp³-hybridized carbons (Fsp3) is 0.333. The Morgan fingerprint density at radius 3 is 2.71 bits per heavy atom. The van der Waals surface area contributed by atoms with Crippen molar-refractivity contribution in [3.05, 3.63) is 47.1 Å². The monoisotopic (exact) mass is 233 g/mol. The highest BCUT2D eigenvalue weighted by Crippen LogP contribution is 2.11. The molecule has 5 nitrogen and oxygen atoms in total. The summed E-state index contributed by atoms with van der Waals surface area (Å²) in [6.07, 6.45) is 0.599. The quantitative estimate of drug-likeness (QED) is 0.821. The van der Waals surface area contributed by atoms with E-state index in [1.165, 1.54) is 5.56 Å². The smallest absolute Gasteiger partial charge is 0.245 e. The van der Waals surface area contributed by atoms with E-state index >= 15 is 0 Å². The van der Waals surface area contributed by atoms with Crippen LogP contribution in [0.5, 0.6) is 0 Å². The van der Waals surface area contributed by atoms with Gasteiger partial charge < -0.3 is 15.4 Å². The van der Waals surface area contributed by atoms with Gasteiger partial charge in [0, 0.05) is 6.42 Å². The molecule has 0 unspecified atom stereocenters. The third-order valence-corrected chi connectivity index (χ3v) is 2.48. The van der Waals surface area contributed by atoms with Crippen LogP contribution in [0.1, 0.15) is 28.9 Å². The molecule has 0 radical (unpaired) electrons. The molecule has 0 saturated carbocycles. The summed E-state index contributed by atoms with van der Waals surface area (Å²) in [6.45, 7) is 1.84. The Bertz CT molecular complexity index is 479. The lowest BCUT2D eigenvalue weighted by Crippen LogP contribution is -2.14. The molecule has 0 aliphatic heterocycles. The molecule has 0 amide bonds. The van der Waals surface area contributed by atoms with Gasteiger partial charge in [-0.15, -0.1) is 0 Å². The van der Waals surface area contributed by atoms with Gasteiger partial charge in [-0.1, -0.05) is 35.0 Å². The number of aliphatic hydroxyl groups is 1. The summed E-state index contributed by atoms with van der Waals surface area (Å²) in [5, 5.41) is 12.7. The van der Waals surface area contributed by atoms with E-state index in [1.807, 2.05) is 31.2 Å². The van der Waals surface area contributed by atoms with Gasteiger partial charge >= 0.3 is 0 Å². The second-order valence-electron chi connectivity index (χ2n) is 4.00. The first-order chi connectivity index (χ1) is 8.19. The molecule has 17 heavy (non-hydrogen) atoms. The number of rotatable bonds is 4. The van der Waals surface area contributed by atoms with E-state index in [1.54, 1.807) is 0 Å². The Morgan fingerprint density at radius 1 is 1.35 bits per heavy atom. The van der Waals surface area contributed by atoms with E-state index in [-0.39, 0.29) is 12.5 Å². The van der Waals surface area contributed by atoms with Crippen LogP contribution in [0.15, 0.2) is 28.8 Å². The first-order valence-corrected chi connectivity index (χ1v) is 5.43. The molecule has 2 rings (SSSR count). The Labute approximate surface area is 99.3 Å². The van der Waals surface area contributed by atoms with Crippen LogP contribution < -0.4 is 5.73 Å². The minimum absolute atomic E-state index is 0.202. The van der Waals surface area contributed by atoms with Crippen molar-refractivity contribution in [1.29, 1.82) is 0 Å². The molecular formula is C12H15N3O2. The van der Waals surface area contributed by atoms with E-state index in [9.17, 15) is 0 Å². The van der Waals surface area contributed by atoms with E-state index in [4.69, 9.17) is 15.4 Å². The molecule has 2 aromatic rings. The first-order valence-electron chi connectivity index (χ1n) is 5.43. The highest BCUT2D eigenvalue weighted by atomic mass is 16.5. The Kier molecular flexibility index (Phi) is 3.51. The summed E-state index contributed by atoms with van der Waals surface area (Å²) >= 11 is 0. The number of benzene rings is 1. The predicted octanol–water partition coefficient (Wildman–Crippen LogP) is 0.961. The molecule has 0 aliphatic carbocycles. The fourth-order valence-corrected chi connectivity index (χ4v) is 1.46. The summed E-state index contributed by atoms with van der Waals surface area (Å²) in [4.78, 5) is 4.14. The lowest BCUT2D eigenvalue weighted by Gasteiger charge is -1.99. The molecule has 0 spiro atoms. The predicted molar refractivity (Wildman–Crippen MR) is 62.3 cm³/mol. The average molecular weight is 233 g/mol. The molecule has 0 aliphatic rings. The van der Waals surface area contributed by atoms with Crippen LogP contribution in [-0.4, -0.2) is 21.9 Å². The summed E-state index contributed by atoms with van der Waals surface area (Å²) in [6, 6.07) is 7.52. The Hall–Kier alpha value is -1.72. The van der Waals surface area contributed by atoms with Gasteiger partial charge in [0.1, 0.15) is 6.04 Å². The highest BCUT2D eigenvalue weighted by Gasteiger charge is 2.13. The normalized spacial score (nSPS) is 12.6. The summed E-state index contributed by atoms with van der Waals surface area (Å²) in [7, 11) is 0. The summed E-state index contributed by atoms with van der Waals surface area (Å²) in [5.74, 6) is 0.849. The molecule has 3 N–H and O–H groups in total. The van der Waals surface area contributed by atoms with Crippen molar-refractivity contribution in [2.45, 2.75) is 19.4 Å². The molecule has 1 atom stereocenters. The van der Waals surface area contributed by atoms with Gasteiger partial charge in [-0.05, 0) is 12.5 Å². The number of aryl methyl sites for hydroxylation is 1. The van der Waals surface area contributed by atoms with Crippen molar-refractivity contribution in [3.8, 4) is 0 Å². The van der Waals surface area contributed by atoms with Crippen LogP contribution in [0.3, 0.4) is 0 Å². The molecule has 0 fully saturated rings. The van der Waals surface area contributed by atoms with E-state index in [2.05, 4.69) is 10.1 Å². The van der Waals surface area contributed by atoms with Gasteiger partial charge in [0.05, 0.1) is 6.61 Å². The van der Waals surface area contributed by atoms with Crippen LogP contribution in [0.2, 0.25) is 0 Å². The maximum absolute atomic E-state index is 8.86. The van der Waals surface area contributed by atoms with Gasteiger partial charge in [-0.2, -0.15) is 4.98 Å². The SMILES string of the molecule is Cc1ccc(Cc2noc([C@@H](N)CO)n2)cc1. The molecule has 90 valence electrons. The van der Waals surface area contributed by atoms with E-state index < -0.39 is 6.04 Å². The lowest BCUT2D eigenvalue weighted by molar-refractivity contribution is 0.236. The zero-order chi connectivity index (χ0) is 12.3. The lowest BCUT2D eigenvalue weighted by atomic mass is 10.1. The first kappa shape index (κ1) is 11.8. The molecule has 1 aromatic heterocycles. The Balaban J connectivity index is 2.08. The van der Waals surface area contributed by atoms with E-state index in [0.29, 0.717) is 12.2 Å². The molecule has 1 heterocycles. The van der Waals surface area contributed by atoms with Crippen LogP contribution >= 0.6 is 0 Å². The van der Waals surface area contributed by atoms with Gasteiger partial charge in [0.2, 0.25) is 5.89 Å². The summed E-state index contributed by atoms with van der Waals surface area (Å²) < 4.78 is 4.97. The zero-order valence-electron chi connectivity index (χ0n) is 9.63. The van der Waals surface area contributed by atoms with Crippen LogP contribution in [0.4, 0.5) is 0 Å². The minimum Gasteiger partial charge on any atom is -0.394 e. The standard InChI is InChI=1S/C12H15N3O2/c1-8-2-4-9(5-3-8)6-11-14-12(17-15-11)10(13)7-16/h2-5,10,16H,6-7,13H2,1H3/t10-/m0/s1. The number of nitrogens with two attached hydrogens (primary N) is 1. The van der Waals surface area contributed by atoms with Crippen molar-refractivity contribution in [3.63, 3.8) is 0 Å². The van der Waals surface area contributed by atoms with Crippen molar-refractivity contribution in [2.75, 3.05) is 6.61 Å². The maximum Gasteiger partial charge on any atom is 0.245 e. The second kappa shape index (κ2) is 5.07. The minimum atomic E-state index is -0.603. The van der Waals surface area contributed by atoms with Crippen LogP contribution in [0, 0.1) is 6.92 Å². The van der Waals surface area contributed by atoms with Crippen LogP contribution in [-0.2, 0) is 6.42 Å². The van der Waals surface area contributed by atoms with E-state index in [0.717, 1.165) is 5.56 Å². The summed E-state index contributed by atoms with van der Waals surface area (Å²) in [5.41, 5.74) is 7.90. The van der Waals surface area contributed by atoms with Gasteiger partial charge in [0.15, 0.2) is 5.82 Å². The van der Waals surface area contributed by atoms with Crippen molar-refractivity contribution in [2.24, 2.45) is 5.73 Å². The third-order valence-electron chi connectivity index (χ3n) is 2.48. The highest BCUT2D eigenvalue weighted by molar-refractivity contribution is 5.23. The topological polar surface area (TPSA) is 85.2 Å². The molecule has 5 heteroatoms. The van der Waals surface area contributed by atoms with Crippen LogP contribution in [0.25, 0.3) is 0 Å². The average Bonchev–Trinajstić information content (AvgIpc) is 2.80. The molecule has 1 aromatic carbocycles. The molecule has 0 saturated heterocycles. The maximum atomic E-state index is 8.86. The third kappa shape index (κ3) is 2.89. The number of nitrogens with zero attached hydrogens (tertiary/aromatic N) is 2. The Morgan fingerprint density at radius 2 is 2.06 bits per heavy atom. The van der Waals surface area contributed by atoms with Crippen molar-refractivity contribution in [1.82, 2.24) is 10.1 Å². The number of aromatic nitrogens is 2. The second-order valence-corrected chi connectivity index (χ2v) is 4.00. The number of hydrogen-bond donors (Lipinski definition) is 2. The largest absolute Gasteiger partial charge is 0.394 e. The molecular weight excluding hydrogens is 218 g/mol. The zero-order valence-corrected chi connectivity index (χ0v) is 9.63. The van der Waals surface area contributed by atoms with Crippen molar-refractivity contribution < 1.29 is 9.63 Å². The van der Waals surface area contributed by atoms with Gasteiger partial charge in [-0.3, -0.25) is 0 Å².